The van der Waals surface area contributed by atoms with Gasteiger partial charge in [0.05, 0.1) is 9.79 Å². The molecule has 1 aromatic carbocycles. The van der Waals surface area contributed by atoms with Crippen LogP contribution in [0.1, 0.15) is 25.3 Å². The van der Waals surface area contributed by atoms with Crippen molar-refractivity contribution in [3.05, 3.63) is 23.8 Å². The number of alkyl halides is 1. The molecule has 0 aliphatic heterocycles. The smallest absolute Gasteiger partial charge is 0.175 e. The van der Waals surface area contributed by atoms with E-state index in [2.05, 4.69) is 0 Å². The minimum Gasteiger partial charge on any atom is -0.224 e. The molecule has 0 aliphatic rings. The highest BCUT2D eigenvalue weighted by molar-refractivity contribution is 7.91. The van der Waals surface area contributed by atoms with Crippen molar-refractivity contribution in [1.29, 1.82) is 0 Å². The van der Waals surface area contributed by atoms with Gasteiger partial charge in [0.15, 0.2) is 19.7 Å². The fraction of sp³-hybridized carbons (Fsp3) is 0.538. The van der Waals surface area contributed by atoms with Gasteiger partial charge < -0.3 is 0 Å². The van der Waals surface area contributed by atoms with E-state index in [-0.39, 0.29) is 15.2 Å². The molecule has 0 N–H and O–H groups in total. The van der Waals surface area contributed by atoms with Crippen molar-refractivity contribution in [2.75, 3.05) is 12.5 Å². The third kappa shape index (κ3) is 4.75. The van der Waals surface area contributed by atoms with Crippen molar-refractivity contribution in [2.45, 2.75) is 41.4 Å². The first-order chi connectivity index (χ1) is 9.05. The summed E-state index contributed by atoms with van der Waals surface area (Å²) in [7, 11) is -6.94. The minimum absolute atomic E-state index is 0.00305. The van der Waals surface area contributed by atoms with Crippen LogP contribution in [0.2, 0.25) is 0 Å². The SMILES string of the molecule is CCCC(Cl)Cc1ccc(S(C)(=O)=O)cc1S(C)(=O)=O. The van der Waals surface area contributed by atoms with Gasteiger partial charge in [-0.15, -0.1) is 11.6 Å². The largest absolute Gasteiger partial charge is 0.224 e. The fourth-order valence-corrected chi connectivity index (χ4v) is 4.01. The summed E-state index contributed by atoms with van der Waals surface area (Å²) in [4.78, 5) is 0.0467. The first-order valence-corrected chi connectivity index (χ1v) is 10.4. The van der Waals surface area contributed by atoms with Gasteiger partial charge in [0, 0.05) is 17.9 Å². The van der Waals surface area contributed by atoms with E-state index in [0.717, 1.165) is 25.4 Å². The van der Waals surface area contributed by atoms with Gasteiger partial charge in [-0.05, 0) is 30.5 Å². The lowest BCUT2D eigenvalue weighted by molar-refractivity contribution is 0.598. The molecule has 0 aromatic heterocycles. The molecule has 1 aromatic rings. The summed E-state index contributed by atoms with van der Waals surface area (Å²) in [6, 6.07) is 4.18. The predicted octanol–water partition coefficient (Wildman–Crippen LogP) is 2.44. The first-order valence-electron chi connectivity index (χ1n) is 6.22. The van der Waals surface area contributed by atoms with Crippen LogP contribution in [0.5, 0.6) is 0 Å². The maximum Gasteiger partial charge on any atom is 0.175 e. The molecular weight excluding hydrogens is 320 g/mol. The Kier molecular flexibility index (Phi) is 5.63. The molecule has 0 aliphatic carbocycles. The Morgan fingerprint density at radius 3 is 2.15 bits per heavy atom. The van der Waals surface area contributed by atoms with Gasteiger partial charge in [-0.3, -0.25) is 0 Å². The van der Waals surface area contributed by atoms with Crippen LogP contribution in [0.4, 0.5) is 0 Å². The minimum atomic E-state index is -3.50. The molecule has 0 heterocycles. The average molecular weight is 339 g/mol. The van der Waals surface area contributed by atoms with E-state index in [0.29, 0.717) is 12.0 Å². The van der Waals surface area contributed by atoms with Gasteiger partial charge in [0.25, 0.3) is 0 Å². The summed E-state index contributed by atoms with van der Waals surface area (Å²) in [5.41, 5.74) is 0.563. The second-order valence-corrected chi connectivity index (χ2v) is 9.52. The normalized spacial score (nSPS) is 14.2. The fourth-order valence-electron chi connectivity index (χ4n) is 1.93. The van der Waals surface area contributed by atoms with Gasteiger partial charge in [-0.2, -0.15) is 0 Å². The summed E-state index contributed by atoms with van der Waals surface area (Å²) in [5, 5.41) is -0.162. The third-order valence-corrected chi connectivity index (χ3v) is 5.57. The number of benzene rings is 1. The zero-order valence-electron chi connectivity index (χ0n) is 11.8. The van der Waals surface area contributed by atoms with Gasteiger partial charge in [-0.25, -0.2) is 16.8 Å². The molecule has 1 rings (SSSR count). The average Bonchev–Trinajstić information content (AvgIpc) is 2.26. The first kappa shape index (κ1) is 17.5. The molecule has 7 heteroatoms. The number of rotatable bonds is 6. The molecule has 1 atom stereocenters. The highest BCUT2D eigenvalue weighted by atomic mass is 35.5. The zero-order valence-corrected chi connectivity index (χ0v) is 14.1. The molecule has 4 nitrogen and oxygen atoms in total. The van der Waals surface area contributed by atoms with Crippen LogP contribution in [0.15, 0.2) is 28.0 Å². The molecular formula is C13H19ClO4S2. The maximum absolute atomic E-state index is 11.8. The Labute approximate surface area is 126 Å². The summed E-state index contributed by atoms with van der Waals surface area (Å²) < 4.78 is 46.7. The van der Waals surface area contributed by atoms with Crippen LogP contribution in [-0.2, 0) is 26.1 Å². The lowest BCUT2D eigenvalue weighted by atomic mass is 10.1. The van der Waals surface area contributed by atoms with E-state index >= 15 is 0 Å². The monoisotopic (exact) mass is 338 g/mol. The molecule has 0 spiro atoms. The van der Waals surface area contributed by atoms with Crippen molar-refractivity contribution in [3.63, 3.8) is 0 Å². The molecule has 0 fully saturated rings. The summed E-state index contributed by atoms with van der Waals surface area (Å²) in [6.07, 6.45) is 4.21. The van der Waals surface area contributed by atoms with Crippen LogP contribution in [0.3, 0.4) is 0 Å². The quantitative estimate of drug-likeness (QED) is 0.747. The van der Waals surface area contributed by atoms with Crippen LogP contribution in [0, 0.1) is 0 Å². The van der Waals surface area contributed by atoms with E-state index < -0.39 is 19.7 Å². The Hall–Kier alpha value is -0.590. The highest BCUT2D eigenvalue weighted by Crippen LogP contribution is 2.24. The highest BCUT2D eigenvalue weighted by Gasteiger charge is 2.19. The van der Waals surface area contributed by atoms with E-state index in [1.807, 2.05) is 6.92 Å². The number of sulfone groups is 2. The summed E-state index contributed by atoms with van der Waals surface area (Å²) in [6.45, 7) is 2.00. The van der Waals surface area contributed by atoms with Crippen LogP contribution < -0.4 is 0 Å². The van der Waals surface area contributed by atoms with E-state index in [1.54, 1.807) is 0 Å². The van der Waals surface area contributed by atoms with Crippen molar-refractivity contribution in [2.24, 2.45) is 0 Å². The molecule has 0 radical (unpaired) electrons. The lowest BCUT2D eigenvalue weighted by Gasteiger charge is -2.13. The molecule has 0 amide bonds. The van der Waals surface area contributed by atoms with E-state index in [9.17, 15) is 16.8 Å². The lowest BCUT2D eigenvalue weighted by Crippen LogP contribution is -2.10. The number of halogens is 1. The predicted molar refractivity (Wildman–Crippen MR) is 80.9 cm³/mol. The maximum atomic E-state index is 11.8. The van der Waals surface area contributed by atoms with Gasteiger partial charge >= 0.3 is 0 Å². The Morgan fingerprint density at radius 1 is 1.10 bits per heavy atom. The van der Waals surface area contributed by atoms with Crippen molar-refractivity contribution in [3.8, 4) is 0 Å². The third-order valence-electron chi connectivity index (χ3n) is 2.91. The molecule has 20 heavy (non-hydrogen) atoms. The molecule has 1 unspecified atom stereocenters. The van der Waals surface area contributed by atoms with E-state index in [4.69, 9.17) is 11.6 Å². The molecule has 0 saturated carbocycles. The summed E-state index contributed by atoms with van der Waals surface area (Å²) >= 11 is 6.15. The second kappa shape index (κ2) is 6.45. The molecule has 0 bridgehead atoms. The Morgan fingerprint density at radius 2 is 1.70 bits per heavy atom. The van der Waals surface area contributed by atoms with E-state index in [1.165, 1.54) is 18.2 Å². The van der Waals surface area contributed by atoms with Gasteiger partial charge in [0.2, 0.25) is 0 Å². The van der Waals surface area contributed by atoms with Crippen molar-refractivity contribution in [1.82, 2.24) is 0 Å². The van der Waals surface area contributed by atoms with Crippen LogP contribution >= 0.6 is 11.6 Å². The molecule has 114 valence electrons. The van der Waals surface area contributed by atoms with Gasteiger partial charge in [-0.1, -0.05) is 19.4 Å². The Bertz CT molecular complexity index is 678. The topological polar surface area (TPSA) is 68.3 Å². The standard InChI is InChI=1S/C13H19ClO4S2/c1-4-5-11(14)8-10-6-7-12(19(2,15)16)9-13(10)20(3,17)18/h6-7,9,11H,4-5,8H2,1-3H3. The van der Waals surface area contributed by atoms with Crippen molar-refractivity contribution >= 4 is 31.3 Å². The Balaban J connectivity index is 3.33. The second-order valence-electron chi connectivity index (χ2n) is 4.90. The summed E-state index contributed by atoms with van der Waals surface area (Å²) in [5.74, 6) is 0. The van der Waals surface area contributed by atoms with Gasteiger partial charge in [0.1, 0.15) is 0 Å². The molecule has 0 saturated heterocycles. The van der Waals surface area contributed by atoms with Crippen LogP contribution in [-0.4, -0.2) is 34.7 Å². The van der Waals surface area contributed by atoms with Crippen molar-refractivity contribution < 1.29 is 16.8 Å². The number of hydrogen-bond acceptors (Lipinski definition) is 4. The number of hydrogen-bond donors (Lipinski definition) is 0. The zero-order chi connectivity index (χ0) is 15.6. The van der Waals surface area contributed by atoms with Crippen LogP contribution in [0.25, 0.3) is 0 Å².